The molecule has 0 fully saturated rings. The molecule has 3 rings (SSSR count). The van der Waals surface area contributed by atoms with E-state index < -0.39 is 0 Å². The second-order valence-electron chi connectivity index (χ2n) is 3.52. The van der Waals surface area contributed by atoms with Crippen LogP contribution >= 0.6 is 50.1 Å². The molecular formula is C11H5BrClIN2O2. The van der Waals surface area contributed by atoms with Gasteiger partial charge in [-0.1, -0.05) is 11.6 Å². The lowest BCUT2D eigenvalue weighted by Gasteiger charge is -2.05. The predicted molar refractivity (Wildman–Crippen MR) is 79.0 cm³/mol. The summed E-state index contributed by atoms with van der Waals surface area (Å²) in [7, 11) is 0. The topological polar surface area (TPSA) is 44.2 Å². The van der Waals surface area contributed by atoms with E-state index in [-0.39, 0.29) is 6.79 Å². The molecule has 1 aliphatic rings. The van der Waals surface area contributed by atoms with Gasteiger partial charge in [-0.2, -0.15) is 0 Å². The summed E-state index contributed by atoms with van der Waals surface area (Å²) in [5, 5.41) is 0.439. The molecule has 1 aromatic carbocycles. The van der Waals surface area contributed by atoms with E-state index in [1.807, 2.05) is 12.1 Å². The zero-order valence-electron chi connectivity index (χ0n) is 8.78. The Hall–Kier alpha value is -0.600. The Kier molecular flexibility index (Phi) is 3.33. The molecule has 0 amide bonds. The number of aromatic nitrogens is 2. The van der Waals surface area contributed by atoms with Crippen LogP contribution < -0.4 is 9.47 Å². The summed E-state index contributed by atoms with van der Waals surface area (Å²) in [6.07, 6.45) is 1.68. The monoisotopic (exact) mass is 438 g/mol. The van der Waals surface area contributed by atoms with Gasteiger partial charge >= 0.3 is 0 Å². The highest BCUT2D eigenvalue weighted by atomic mass is 127. The molecule has 0 bridgehead atoms. The Morgan fingerprint density at radius 2 is 2.17 bits per heavy atom. The van der Waals surface area contributed by atoms with Gasteiger partial charge in [0.05, 0.1) is 8.04 Å². The molecule has 0 saturated heterocycles. The van der Waals surface area contributed by atoms with Gasteiger partial charge in [-0.05, 0) is 50.7 Å². The molecule has 2 heterocycles. The summed E-state index contributed by atoms with van der Waals surface area (Å²) in [5.74, 6) is 1.94. The van der Waals surface area contributed by atoms with Crippen molar-refractivity contribution in [2.75, 3.05) is 6.79 Å². The predicted octanol–water partition coefficient (Wildman–Crippen LogP) is 3.89. The van der Waals surface area contributed by atoms with Crippen molar-refractivity contribution in [1.82, 2.24) is 9.97 Å². The van der Waals surface area contributed by atoms with Crippen molar-refractivity contribution >= 4 is 50.1 Å². The third-order valence-electron chi connectivity index (χ3n) is 2.39. The quantitative estimate of drug-likeness (QED) is 0.500. The lowest BCUT2D eigenvalue weighted by Crippen LogP contribution is -1.93. The number of benzene rings is 1. The SMILES string of the molecule is Clc1nc(-c2cc(Br)c3c(c2)OCO3)ncc1I. The molecule has 0 aliphatic carbocycles. The minimum absolute atomic E-state index is 0.228. The van der Waals surface area contributed by atoms with Crippen molar-refractivity contribution in [2.24, 2.45) is 0 Å². The molecule has 2 aromatic rings. The molecule has 18 heavy (non-hydrogen) atoms. The van der Waals surface area contributed by atoms with Gasteiger partial charge in [0.25, 0.3) is 0 Å². The first kappa shape index (κ1) is 12.4. The van der Waals surface area contributed by atoms with E-state index in [1.165, 1.54) is 0 Å². The van der Waals surface area contributed by atoms with E-state index in [9.17, 15) is 0 Å². The van der Waals surface area contributed by atoms with Gasteiger partial charge < -0.3 is 9.47 Å². The number of halogens is 3. The third-order valence-corrected chi connectivity index (χ3v) is 4.37. The average Bonchev–Trinajstić information content (AvgIpc) is 2.81. The number of rotatable bonds is 1. The average molecular weight is 439 g/mol. The molecule has 0 N–H and O–H groups in total. The van der Waals surface area contributed by atoms with E-state index in [2.05, 4.69) is 48.5 Å². The second kappa shape index (κ2) is 4.82. The Morgan fingerprint density at radius 1 is 1.33 bits per heavy atom. The normalized spacial score (nSPS) is 12.8. The standard InChI is InChI=1S/C11H5BrClIN2O2/c12-6-1-5(2-8-9(6)18-4-17-8)11-15-3-7(14)10(13)16-11/h1-3H,4H2. The van der Waals surface area contributed by atoms with E-state index >= 15 is 0 Å². The molecule has 0 spiro atoms. The highest BCUT2D eigenvalue weighted by Crippen LogP contribution is 2.42. The van der Waals surface area contributed by atoms with Crippen molar-refractivity contribution in [1.29, 1.82) is 0 Å². The Labute approximate surface area is 130 Å². The highest BCUT2D eigenvalue weighted by molar-refractivity contribution is 14.1. The number of fused-ring (bicyclic) bond motifs is 1. The van der Waals surface area contributed by atoms with Crippen molar-refractivity contribution in [3.05, 3.63) is 31.5 Å². The fourth-order valence-corrected chi connectivity index (χ4v) is 2.53. The van der Waals surface area contributed by atoms with Gasteiger partial charge in [0.2, 0.25) is 6.79 Å². The summed E-state index contributed by atoms with van der Waals surface area (Å²) in [6, 6.07) is 3.72. The number of hydrogen-bond acceptors (Lipinski definition) is 4. The number of nitrogens with zero attached hydrogens (tertiary/aromatic N) is 2. The van der Waals surface area contributed by atoms with Crippen LogP contribution in [0.2, 0.25) is 5.15 Å². The molecule has 0 unspecified atom stereocenters. The van der Waals surface area contributed by atoms with Gasteiger partial charge in [-0.25, -0.2) is 9.97 Å². The zero-order chi connectivity index (χ0) is 12.7. The molecule has 1 aliphatic heterocycles. The summed E-state index contributed by atoms with van der Waals surface area (Å²) in [6.45, 7) is 0.228. The smallest absolute Gasteiger partial charge is 0.231 e. The molecule has 0 saturated carbocycles. The lowest BCUT2D eigenvalue weighted by molar-refractivity contribution is 0.173. The van der Waals surface area contributed by atoms with Crippen LogP contribution in [0.3, 0.4) is 0 Å². The maximum absolute atomic E-state index is 5.99. The van der Waals surface area contributed by atoms with Crippen LogP contribution in [0.25, 0.3) is 11.4 Å². The van der Waals surface area contributed by atoms with Crippen molar-refractivity contribution in [3.8, 4) is 22.9 Å². The Morgan fingerprint density at radius 3 is 2.94 bits per heavy atom. The molecule has 0 radical (unpaired) electrons. The summed E-state index contributed by atoms with van der Waals surface area (Å²) < 4.78 is 12.3. The number of ether oxygens (including phenoxy) is 2. The van der Waals surface area contributed by atoms with Gasteiger partial charge in [-0.15, -0.1) is 0 Å². The van der Waals surface area contributed by atoms with Gasteiger partial charge in [0.15, 0.2) is 17.3 Å². The molecule has 7 heteroatoms. The van der Waals surface area contributed by atoms with Crippen molar-refractivity contribution in [3.63, 3.8) is 0 Å². The fourth-order valence-electron chi connectivity index (χ4n) is 1.58. The summed E-state index contributed by atoms with van der Waals surface area (Å²) in [5.41, 5.74) is 0.824. The molecule has 4 nitrogen and oxygen atoms in total. The van der Waals surface area contributed by atoms with Crippen LogP contribution in [0.1, 0.15) is 0 Å². The van der Waals surface area contributed by atoms with Crippen LogP contribution in [0.15, 0.2) is 22.8 Å². The van der Waals surface area contributed by atoms with E-state index in [0.717, 1.165) is 13.6 Å². The molecular weight excluding hydrogens is 434 g/mol. The largest absolute Gasteiger partial charge is 0.454 e. The van der Waals surface area contributed by atoms with Crippen molar-refractivity contribution < 1.29 is 9.47 Å². The number of hydrogen-bond donors (Lipinski definition) is 0. The molecule has 92 valence electrons. The third kappa shape index (κ3) is 2.17. The summed E-state index contributed by atoms with van der Waals surface area (Å²) in [4.78, 5) is 8.49. The first-order valence-corrected chi connectivity index (χ1v) is 7.17. The molecule has 0 atom stereocenters. The minimum atomic E-state index is 0.228. The first-order valence-electron chi connectivity index (χ1n) is 4.92. The maximum atomic E-state index is 5.99. The maximum Gasteiger partial charge on any atom is 0.231 e. The fraction of sp³-hybridized carbons (Fsp3) is 0.0909. The van der Waals surface area contributed by atoms with Crippen LogP contribution in [-0.2, 0) is 0 Å². The second-order valence-corrected chi connectivity index (χ2v) is 5.90. The van der Waals surface area contributed by atoms with Crippen LogP contribution in [0.5, 0.6) is 11.5 Å². The van der Waals surface area contributed by atoms with Gasteiger partial charge in [-0.3, -0.25) is 0 Å². The summed E-state index contributed by atoms with van der Waals surface area (Å²) >= 11 is 11.5. The minimum Gasteiger partial charge on any atom is -0.454 e. The Balaban J connectivity index is 2.12. The highest BCUT2D eigenvalue weighted by Gasteiger charge is 2.19. The van der Waals surface area contributed by atoms with Gasteiger partial charge in [0, 0.05) is 11.8 Å². The van der Waals surface area contributed by atoms with Crippen molar-refractivity contribution in [2.45, 2.75) is 0 Å². The van der Waals surface area contributed by atoms with Crippen LogP contribution in [-0.4, -0.2) is 16.8 Å². The zero-order valence-corrected chi connectivity index (χ0v) is 13.3. The van der Waals surface area contributed by atoms with E-state index in [0.29, 0.717) is 22.5 Å². The van der Waals surface area contributed by atoms with E-state index in [1.54, 1.807) is 6.20 Å². The lowest BCUT2D eigenvalue weighted by atomic mass is 10.2. The first-order chi connectivity index (χ1) is 8.65. The van der Waals surface area contributed by atoms with Gasteiger partial charge in [0.1, 0.15) is 5.15 Å². The van der Waals surface area contributed by atoms with E-state index in [4.69, 9.17) is 21.1 Å². The molecule has 1 aromatic heterocycles. The van der Waals surface area contributed by atoms with Crippen LogP contribution in [0.4, 0.5) is 0 Å². The Bertz CT molecular complexity index is 639. The van der Waals surface area contributed by atoms with Crippen LogP contribution in [0, 0.1) is 3.57 Å².